The van der Waals surface area contributed by atoms with Gasteiger partial charge in [0.2, 0.25) is 5.91 Å². The van der Waals surface area contributed by atoms with Gasteiger partial charge in [-0.05, 0) is 0 Å². The lowest BCUT2D eigenvalue weighted by Crippen LogP contribution is -2.24. The number of nitrogens with one attached hydrogen (secondary N) is 1. The fraction of sp³-hybridized carbons (Fsp3) is 0.750. The van der Waals surface area contributed by atoms with Crippen LogP contribution in [0.3, 0.4) is 0 Å². The largest absolute Gasteiger partial charge is 0.289 e. The van der Waals surface area contributed by atoms with Crippen molar-refractivity contribution in [2.45, 2.75) is 19.0 Å². The molecule has 0 fully saturated rings. The van der Waals surface area contributed by atoms with Crippen molar-refractivity contribution >= 4 is 26.7 Å². The minimum atomic E-state index is -2.18. The lowest BCUT2D eigenvalue weighted by Gasteiger charge is -1.96. The van der Waals surface area contributed by atoms with E-state index in [-0.39, 0.29) is 15.4 Å². The Hall–Kier alpha value is -0.203. The molecule has 1 atom stereocenters. The molecule has 0 aromatic carbocycles. The van der Waals surface area contributed by atoms with Crippen molar-refractivity contribution in [1.82, 2.24) is 4.72 Å². The Morgan fingerprint density at radius 2 is 2.40 bits per heavy atom. The van der Waals surface area contributed by atoms with E-state index in [1.165, 1.54) is 0 Å². The van der Waals surface area contributed by atoms with Gasteiger partial charge in [-0.25, -0.2) is 4.21 Å². The molecular formula is C4H11NO3SSi. The average Bonchev–Trinajstić information content (AvgIpc) is 1.82. The van der Waals surface area contributed by atoms with Gasteiger partial charge in [-0.3, -0.25) is 14.1 Å². The van der Waals surface area contributed by atoms with Crippen LogP contribution < -0.4 is 4.72 Å². The summed E-state index contributed by atoms with van der Waals surface area (Å²) in [6, 6.07) is 0.892. The first-order valence-corrected chi connectivity index (χ1v) is 6.59. The number of hydrogen-bond donors (Lipinski definition) is 2. The molecule has 0 heterocycles. The predicted octanol–water partition coefficient (Wildman–Crippen LogP) is -0.735. The van der Waals surface area contributed by atoms with E-state index in [1.807, 2.05) is 4.72 Å². The van der Waals surface area contributed by atoms with E-state index in [1.54, 1.807) is 0 Å². The molecule has 1 unspecified atom stereocenters. The van der Waals surface area contributed by atoms with Crippen LogP contribution in [0.2, 0.25) is 12.6 Å². The number of carbonyl (C=O) groups excluding carboxylic acids is 1. The van der Waals surface area contributed by atoms with Crippen molar-refractivity contribution in [1.29, 1.82) is 0 Å². The summed E-state index contributed by atoms with van der Waals surface area (Å²) in [6.45, 7) is 2.09. The standard InChI is InChI=1S/C4H11NO3SSi/c1-10-3-2-4(6)5-9(7)8/h2-3,10H2,1H3,(H,5,6)(H,7,8). The molecule has 0 aliphatic rings. The van der Waals surface area contributed by atoms with Crippen LogP contribution in [0.4, 0.5) is 0 Å². The van der Waals surface area contributed by atoms with Crippen molar-refractivity contribution in [3.63, 3.8) is 0 Å². The van der Waals surface area contributed by atoms with Gasteiger partial charge in [0.25, 0.3) is 11.3 Å². The Labute approximate surface area is 64.6 Å². The highest BCUT2D eigenvalue weighted by molar-refractivity contribution is 7.77. The highest BCUT2D eigenvalue weighted by Gasteiger charge is 2.01. The molecule has 4 nitrogen and oxygen atoms in total. The molecule has 0 aliphatic heterocycles. The number of hydrogen-bond acceptors (Lipinski definition) is 2. The summed E-state index contributed by atoms with van der Waals surface area (Å²) in [5, 5.41) is 0. The van der Waals surface area contributed by atoms with Crippen LogP contribution in [-0.4, -0.2) is 24.2 Å². The molecule has 0 aromatic rings. The molecule has 0 bridgehead atoms. The van der Waals surface area contributed by atoms with Gasteiger partial charge in [0, 0.05) is 15.9 Å². The minimum Gasteiger partial charge on any atom is -0.289 e. The molecule has 10 heavy (non-hydrogen) atoms. The first kappa shape index (κ1) is 9.80. The van der Waals surface area contributed by atoms with E-state index in [2.05, 4.69) is 6.55 Å². The smallest absolute Gasteiger partial charge is 0.261 e. The van der Waals surface area contributed by atoms with Gasteiger partial charge in [-0.15, -0.1) is 0 Å². The Morgan fingerprint density at radius 3 is 2.80 bits per heavy atom. The highest BCUT2D eigenvalue weighted by Crippen LogP contribution is 1.87. The quantitative estimate of drug-likeness (QED) is 0.443. The van der Waals surface area contributed by atoms with Gasteiger partial charge in [0.1, 0.15) is 0 Å². The van der Waals surface area contributed by atoms with Gasteiger partial charge >= 0.3 is 0 Å². The lowest BCUT2D eigenvalue weighted by atomic mass is 10.5. The van der Waals surface area contributed by atoms with E-state index in [9.17, 15) is 9.00 Å². The van der Waals surface area contributed by atoms with Crippen molar-refractivity contribution in [3.05, 3.63) is 0 Å². The zero-order valence-electron chi connectivity index (χ0n) is 5.79. The normalized spacial score (nSPS) is 13.8. The third-order valence-electron chi connectivity index (χ3n) is 0.959. The fourth-order valence-electron chi connectivity index (χ4n) is 0.486. The van der Waals surface area contributed by atoms with Crippen LogP contribution in [0, 0.1) is 0 Å². The summed E-state index contributed by atoms with van der Waals surface area (Å²) in [5.74, 6) is -0.338. The van der Waals surface area contributed by atoms with E-state index in [4.69, 9.17) is 4.55 Å². The zero-order chi connectivity index (χ0) is 7.98. The molecule has 0 radical (unpaired) electrons. The topological polar surface area (TPSA) is 66.4 Å². The number of rotatable bonds is 4. The molecule has 0 saturated heterocycles. The maximum Gasteiger partial charge on any atom is 0.261 e. The summed E-state index contributed by atoms with van der Waals surface area (Å²) in [5.41, 5.74) is 0. The minimum absolute atomic E-state index is 0.104. The van der Waals surface area contributed by atoms with Gasteiger partial charge in [0.05, 0.1) is 0 Å². The second-order valence-corrected chi connectivity index (χ2v) is 4.29. The van der Waals surface area contributed by atoms with E-state index in [0.29, 0.717) is 6.42 Å². The SMILES string of the molecule is C[SiH2]CCC(=O)NS(=O)O. The number of amides is 1. The number of carbonyl (C=O) groups is 1. The van der Waals surface area contributed by atoms with Crippen LogP contribution in [0.15, 0.2) is 0 Å². The molecule has 6 heteroatoms. The molecule has 0 aromatic heterocycles. The molecule has 1 amide bonds. The van der Waals surface area contributed by atoms with Gasteiger partial charge < -0.3 is 0 Å². The van der Waals surface area contributed by atoms with Crippen LogP contribution >= 0.6 is 0 Å². The van der Waals surface area contributed by atoms with E-state index < -0.39 is 11.3 Å². The van der Waals surface area contributed by atoms with Gasteiger partial charge in [-0.1, -0.05) is 12.6 Å². The molecule has 0 rings (SSSR count). The molecule has 60 valence electrons. The Kier molecular flexibility index (Phi) is 5.46. The summed E-state index contributed by atoms with van der Waals surface area (Å²) >= 11 is -2.18. The third-order valence-corrected chi connectivity index (χ3v) is 2.42. The zero-order valence-corrected chi connectivity index (χ0v) is 8.02. The maximum atomic E-state index is 10.6. The maximum absolute atomic E-state index is 10.6. The Bertz CT molecular complexity index is 140. The predicted molar refractivity (Wildman–Crippen MR) is 42.7 cm³/mol. The lowest BCUT2D eigenvalue weighted by molar-refractivity contribution is -0.119. The molecule has 0 saturated carbocycles. The highest BCUT2D eigenvalue weighted by atomic mass is 32.2. The average molecular weight is 181 g/mol. The second-order valence-electron chi connectivity index (χ2n) is 1.88. The van der Waals surface area contributed by atoms with Crippen molar-refractivity contribution < 1.29 is 13.6 Å². The second kappa shape index (κ2) is 5.57. The van der Waals surface area contributed by atoms with E-state index >= 15 is 0 Å². The van der Waals surface area contributed by atoms with Crippen molar-refractivity contribution in [3.8, 4) is 0 Å². The van der Waals surface area contributed by atoms with Crippen LogP contribution in [0.5, 0.6) is 0 Å². The summed E-state index contributed by atoms with van der Waals surface area (Å²) in [6.07, 6.45) is 0.384. The fourth-order valence-corrected chi connectivity index (χ4v) is 1.46. The Morgan fingerprint density at radius 1 is 1.80 bits per heavy atom. The van der Waals surface area contributed by atoms with Crippen LogP contribution in [0.25, 0.3) is 0 Å². The van der Waals surface area contributed by atoms with Gasteiger partial charge in [-0.2, -0.15) is 0 Å². The first-order valence-electron chi connectivity index (χ1n) is 3.07. The monoisotopic (exact) mass is 181 g/mol. The van der Waals surface area contributed by atoms with Gasteiger partial charge in [0.15, 0.2) is 0 Å². The molecule has 2 N–H and O–H groups in total. The third kappa shape index (κ3) is 5.93. The first-order chi connectivity index (χ1) is 4.66. The molecular weight excluding hydrogens is 170 g/mol. The summed E-state index contributed by atoms with van der Waals surface area (Å²) in [7, 11) is -0.104. The summed E-state index contributed by atoms with van der Waals surface area (Å²) in [4.78, 5) is 10.6. The molecule has 0 spiro atoms. The molecule has 0 aliphatic carbocycles. The van der Waals surface area contributed by atoms with Crippen molar-refractivity contribution in [2.75, 3.05) is 0 Å². The van der Waals surface area contributed by atoms with E-state index in [0.717, 1.165) is 6.04 Å². The Balaban J connectivity index is 3.35. The van der Waals surface area contributed by atoms with Crippen LogP contribution in [-0.2, 0) is 16.1 Å². The summed E-state index contributed by atoms with van der Waals surface area (Å²) < 4.78 is 20.0. The van der Waals surface area contributed by atoms with Crippen LogP contribution in [0.1, 0.15) is 6.42 Å². The van der Waals surface area contributed by atoms with Crippen molar-refractivity contribution in [2.24, 2.45) is 0 Å².